The van der Waals surface area contributed by atoms with E-state index in [4.69, 9.17) is 5.11 Å². The van der Waals surface area contributed by atoms with Gasteiger partial charge in [-0.05, 0) is 13.3 Å². The predicted molar refractivity (Wildman–Crippen MR) is 64.0 cm³/mol. The first-order valence-electron chi connectivity index (χ1n) is 5.95. The third kappa shape index (κ3) is 3.35. The molecule has 0 radical (unpaired) electrons. The topological polar surface area (TPSA) is 98.7 Å². The molecule has 3 amide bonds. The van der Waals surface area contributed by atoms with Crippen LogP contribution in [-0.4, -0.2) is 54.1 Å². The summed E-state index contributed by atoms with van der Waals surface area (Å²) in [6.45, 7) is 2.41. The van der Waals surface area contributed by atoms with Crippen LogP contribution in [0.15, 0.2) is 0 Å². The van der Waals surface area contributed by atoms with Crippen molar-refractivity contribution in [1.29, 1.82) is 0 Å². The zero-order chi connectivity index (χ0) is 13.7. The van der Waals surface area contributed by atoms with E-state index in [0.29, 0.717) is 13.0 Å². The highest BCUT2D eigenvalue weighted by Crippen LogP contribution is 2.24. The first kappa shape index (κ1) is 14.3. The van der Waals surface area contributed by atoms with Crippen LogP contribution in [0, 0.1) is 5.92 Å². The number of nitrogens with zero attached hydrogens (tertiary/aromatic N) is 1. The largest absolute Gasteiger partial charge is 0.481 e. The Kier molecular flexibility index (Phi) is 4.94. The average Bonchev–Trinajstić information content (AvgIpc) is 2.70. The second-order valence-corrected chi connectivity index (χ2v) is 4.32. The number of carbonyl (C=O) groups is 3. The van der Waals surface area contributed by atoms with Crippen LogP contribution < -0.4 is 10.6 Å². The minimum atomic E-state index is -0.872. The fourth-order valence-corrected chi connectivity index (χ4v) is 2.07. The lowest BCUT2D eigenvalue weighted by atomic mass is 10.0. The lowest BCUT2D eigenvalue weighted by Crippen LogP contribution is -2.44. The molecule has 3 N–H and O–H groups in total. The summed E-state index contributed by atoms with van der Waals surface area (Å²) in [7, 11) is 1.53. The summed E-state index contributed by atoms with van der Waals surface area (Å²) >= 11 is 0. The van der Waals surface area contributed by atoms with Crippen molar-refractivity contribution < 1.29 is 19.5 Å². The minimum Gasteiger partial charge on any atom is -0.481 e. The molecule has 1 fully saturated rings. The quantitative estimate of drug-likeness (QED) is 0.639. The molecule has 7 heteroatoms. The average molecular weight is 257 g/mol. The smallest absolute Gasteiger partial charge is 0.317 e. The number of hydrogen-bond donors (Lipinski definition) is 3. The van der Waals surface area contributed by atoms with Crippen molar-refractivity contribution >= 4 is 17.9 Å². The lowest BCUT2D eigenvalue weighted by molar-refractivity contribution is -0.142. The van der Waals surface area contributed by atoms with Crippen LogP contribution in [0.2, 0.25) is 0 Å². The summed E-state index contributed by atoms with van der Waals surface area (Å²) in [5.41, 5.74) is 0. The molecule has 1 aliphatic rings. The standard InChI is InChI=1S/C11H19N3O4/c1-7-8(10(16)17)4-6-14(7)11(18)13-5-3-9(15)12-2/h7-8H,3-6H2,1-2H3,(H,12,15)(H,13,18)(H,16,17). The Morgan fingerprint density at radius 2 is 2.06 bits per heavy atom. The number of nitrogens with one attached hydrogen (secondary N) is 2. The fourth-order valence-electron chi connectivity index (χ4n) is 2.07. The van der Waals surface area contributed by atoms with Crippen molar-refractivity contribution in [3.05, 3.63) is 0 Å². The van der Waals surface area contributed by atoms with Gasteiger partial charge < -0.3 is 20.6 Å². The Morgan fingerprint density at radius 3 is 2.56 bits per heavy atom. The molecule has 7 nitrogen and oxygen atoms in total. The van der Waals surface area contributed by atoms with Crippen LogP contribution in [0.25, 0.3) is 0 Å². The van der Waals surface area contributed by atoms with E-state index in [-0.39, 0.29) is 30.9 Å². The highest BCUT2D eigenvalue weighted by molar-refractivity contribution is 5.79. The Balaban J connectivity index is 2.39. The molecule has 2 atom stereocenters. The van der Waals surface area contributed by atoms with Gasteiger partial charge in [-0.3, -0.25) is 9.59 Å². The predicted octanol–water partition coefficient (Wildman–Crippen LogP) is -0.373. The summed E-state index contributed by atoms with van der Waals surface area (Å²) in [6.07, 6.45) is 0.687. The number of carboxylic acids is 1. The molecule has 0 saturated carbocycles. The van der Waals surface area contributed by atoms with E-state index in [1.165, 1.54) is 11.9 Å². The van der Waals surface area contributed by atoms with Gasteiger partial charge in [0.05, 0.1) is 5.92 Å². The van der Waals surface area contributed by atoms with Gasteiger partial charge in [0.2, 0.25) is 5.91 Å². The van der Waals surface area contributed by atoms with Crippen LogP contribution in [0.4, 0.5) is 4.79 Å². The van der Waals surface area contributed by atoms with Crippen LogP contribution in [0.1, 0.15) is 19.8 Å². The number of aliphatic carboxylic acids is 1. The molecule has 1 aliphatic heterocycles. The maximum Gasteiger partial charge on any atom is 0.317 e. The van der Waals surface area contributed by atoms with E-state index >= 15 is 0 Å². The van der Waals surface area contributed by atoms with Crippen molar-refractivity contribution in [3.8, 4) is 0 Å². The van der Waals surface area contributed by atoms with Gasteiger partial charge >= 0.3 is 12.0 Å². The van der Waals surface area contributed by atoms with Crippen LogP contribution in [0.5, 0.6) is 0 Å². The van der Waals surface area contributed by atoms with Gasteiger partial charge in [-0.15, -0.1) is 0 Å². The third-order valence-electron chi connectivity index (χ3n) is 3.24. The second-order valence-electron chi connectivity index (χ2n) is 4.32. The molecule has 0 aromatic rings. The number of urea groups is 1. The summed E-state index contributed by atoms with van der Waals surface area (Å²) in [5.74, 6) is -1.52. The summed E-state index contributed by atoms with van der Waals surface area (Å²) in [6, 6.07) is -0.627. The number of carbonyl (C=O) groups excluding carboxylic acids is 2. The van der Waals surface area contributed by atoms with Gasteiger partial charge in [0.1, 0.15) is 0 Å². The van der Waals surface area contributed by atoms with E-state index in [2.05, 4.69) is 10.6 Å². The van der Waals surface area contributed by atoms with Crippen LogP contribution in [-0.2, 0) is 9.59 Å². The molecule has 0 spiro atoms. The SMILES string of the molecule is CNC(=O)CCNC(=O)N1CCC(C(=O)O)C1C. The van der Waals surface area contributed by atoms with Crippen molar-refractivity contribution in [3.63, 3.8) is 0 Å². The van der Waals surface area contributed by atoms with Gasteiger partial charge in [-0.25, -0.2) is 4.79 Å². The maximum atomic E-state index is 11.8. The van der Waals surface area contributed by atoms with Crippen molar-refractivity contribution in [2.45, 2.75) is 25.8 Å². The monoisotopic (exact) mass is 257 g/mol. The number of likely N-dealkylation sites (tertiary alicyclic amines) is 1. The molecule has 2 unspecified atom stereocenters. The normalized spacial score (nSPS) is 22.7. The maximum absolute atomic E-state index is 11.8. The molecule has 0 aliphatic carbocycles. The first-order chi connectivity index (χ1) is 8.47. The molecule has 102 valence electrons. The Bertz CT molecular complexity index is 345. The molecular weight excluding hydrogens is 238 g/mol. The van der Waals surface area contributed by atoms with Crippen molar-refractivity contribution in [1.82, 2.24) is 15.5 Å². The molecule has 1 heterocycles. The zero-order valence-corrected chi connectivity index (χ0v) is 10.6. The number of carboxylic acid groups (broad SMARTS) is 1. The fraction of sp³-hybridized carbons (Fsp3) is 0.727. The molecule has 1 saturated heterocycles. The Morgan fingerprint density at radius 1 is 1.39 bits per heavy atom. The number of rotatable bonds is 4. The van der Waals surface area contributed by atoms with Gasteiger partial charge in [0.25, 0.3) is 0 Å². The molecule has 18 heavy (non-hydrogen) atoms. The first-order valence-corrected chi connectivity index (χ1v) is 5.95. The van der Waals surface area contributed by atoms with E-state index < -0.39 is 11.9 Å². The summed E-state index contributed by atoms with van der Waals surface area (Å²) in [4.78, 5) is 35.2. The molecule has 0 aromatic carbocycles. The lowest BCUT2D eigenvalue weighted by Gasteiger charge is -2.23. The zero-order valence-electron chi connectivity index (χ0n) is 10.6. The van der Waals surface area contributed by atoms with E-state index in [9.17, 15) is 14.4 Å². The highest BCUT2D eigenvalue weighted by Gasteiger charge is 2.37. The van der Waals surface area contributed by atoms with Crippen LogP contribution >= 0.6 is 0 Å². The minimum absolute atomic E-state index is 0.145. The molecule has 0 aromatic heterocycles. The summed E-state index contributed by atoms with van der Waals surface area (Å²) in [5, 5.41) is 14.0. The van der Waals surface area contributed by atoms with Crippen molar-refractivity contribution in [2.24, 2.45) is 5.92 Å². The van der Waals surface area contributed by atoms with E-state index in [0.717, 1.165) is 0 Å². The summed E-state index contributed by atoms with van der Waals surface area (Å²) < 4.78 is 0. The van der Waals surface area contributed by atoms with Gasteiger partial charge in [0, 0.05) is 32.6 Å². The van der Waals surface area contributed by atoms with Crippen molar-refractivity contribution in [2.75, 3.05) is 20.1 Å². The molecule has 1 rings (SSSR count). The Labute approximate surface area is 106 Å². The van der Waals surface area contributed by atoms with E-state index in [1.54, 1.807) is 6.92 Å². The van der Waals surface area contributed by atoms with E-state index in [1.807, 2.05) is 0 Å². The number of hydrogen-bond acceptors (Lipinski definition) is 3. The van der Waals surface area contributed by atoms with Crippen LogP contribution in [0.3, 0.4) is 0 Å². The second kappa shape index (κ2) is 6.23. The third-order valence-corrected chi connectivity index (χ3v) is 3.24. The number of amides is 3. The van der Waals surface area contributed by atoms with Gasteiger partial charge in [-0.1, -0.05) is 0 Å². The van der Waals surface area contributed by atoms with Gasteiger partial charge in [-0.2, -0.15) is 0 Å². The molecular formula is C11H19N3O4. The Hall–Kier alpha value is -1.79. The molecule has 0 bridgehead atoms. The van der Waals surface area contributed by atoms with Gasteiger partial charge in [0.15, 0.2) is 0 Å². The highest BCUT2D eigenvalue weighted by atomic mass is 16.4.